The first-order chi connectivity index (χ1) is 8.11. The first-order valence-corrected chi connectivity index (χ1v) is 5.98. The van der Waals surface area contributed by atoms with Crippen LogP contribution >= 0.6 is 0 Å². The number of esters is 1. The van der Waals surface area contributed by atoms with Crippen LogP contribution in [0.3, 0.4) is 0 Å². The Morgan fingerprint density at radius 3 is 2.47 bits per heavy atom. The van der Waals surface area contributed by atoms with E-state index in [0.29, 0.717) is 12.5 Å². The second-order valence-corrected chi connectivity index (χ2v) is 4.44. The SMILES string of the molecule is COC(=O)C[C@@H](C)N[C@@H](C)Cc1ccccc1. The quantitative estimate of drug-likeness (QED) is 0.768. The van der Waals surface area contributed by atoms with Crippen molar-refractivity contribution in [2.24, 2.45) is 0 Å². The molecular formula is C14H21NO2. The average Bonchev–Trinajstić information content (AvgIpc) is 2.29. The number of methoxy groups -OCH3 is 1. The number of hydrogen-bond acceptors (Lipinski definition) is 3. The van der Waals surface area contributed by atoms with Crippen LogP contribution in [0.15, 0.2) is 30.3 Å². The zero-order chi connectivity index (χ0) is 12.7. The van der Waals surface area contributed by atoms with E-state index in [1.807, 2.05) is 25.1 Å². The lowest BCUT2D eigenvalue weighted by molar-refractivity contribution is -0.141. The van der Waals surface area contributed by atoms with Gasteiger partial charge < -0.3 is 10.1 Å². The molecule has 0 aliphatic carbocycles. The van der Waals surface area contributed by atoms with Gasteiger partial charge in [0.1, 0.15) is 0 Å². The summed E-state index contributed by atoms with van der Waals surface area (Å²) < 4.78 is 4.64. The summed E-state index contributed by atoms with van der Waals surface area (Å²) in [4.78, 5) is 11.1. The van der Waals surface area contributed by atoms with Crippen molar-refractivity contribution in [3.8, 4) is 0 Å². The van der Waals surface area contributed by atoms with E-state index in [1.165, 1.54) is 12.7 Å². The van der Waals surface area contributed by atoms with Gasteiger partial charge in [0, 0.05) is 12.1 Å². The highest BCUT2D eigenvalue weighted by Gasteiger charge is 2.12. The lowest BCUT2D eigenvalue weighted by Gasteiger charge is -2.19. The summed E-state index contributed by atoms with van der Waals surface area (Å²) in [6.07, 6.45) is 1.38. The topological polar surface area (TPSA) is 38.3 Å². The predicted octanol–water partition coefficient (Wildman–Crippen LogP) is 2.16. The highest BCUT2D eigenvalue weighted by atomic mass is 16.5. The van der Waals surface area contributed by atoms with Crippen molar-refractivity contribution in [1.82, 2.24) is 5.32 Å². The number of benzene rings is 1. The fourth-order valence-electron chi connectivity index (χ4n) is 1.90. The zero-order valence-electron chi connectivity index (χ0n) is 10.8. The summed E-state index contributed by atoms with van der Waals surface area (Å²) in [5, 5.41) is 3.39. The van der Waals surface area contributed by atoms with Gasteiger partial charge in [-0.1, -0.05) is 30.3 Å². The maximum absolute atomic E-state index is 11.1. The van der Waals surface area contributed by atoms with Crippen LogP contribution in [0.25, 0.3) is 0 Å². The van der Waals surface area contributed by atoms with Crippen molar-refractivity contribution in [2.75, 3.05) is 7.11 Å². The van der Waals surface area contributed by atoms with Crippen molar-refractivity contribution in [3.63, 3.8) is 0 Å². The number of nitrogens with one attached hydrogen (secondary N) is 1. The Morgan fingerprint density at radius 1 is 1.24 bits per heavy atom. The van der Waals surface area contributed by atoms with Crippen LogP contribution in [-0.2, 0) is 16.0 Å². The third-order valence-electron chi connectivity index (χ3n) is 2.65. The van der Waals surface area contributed by atoms with Crippen molar-refractivity contribution in [2.45, 2.75) is 38.8 Å². The maximum atomic E-state index is 11.1. The van der Waals surface area contributed by atoms with Crippen molar-refractivity contribution < 1.29 is 9.53 Å². The van der Waals surface area contributed by atoms with Crippen LogP contribution in [0.2, 0.25) is 0 Å². The molecule has 3 nitrogen and oxygen atoms in total. The molecule has 0 saturated heterocycles. The first-order valence-electron chi connectivity index (χ1n) is 5.98. The second-order valence-electron chi connectivity index (χ2n) is 4.44. The number of carbonyl (C=O) groups is 1. The van der Waals surface area contributed by atoms with Gasteiger partial charge in [-0.15, -0.1) is 0 Å². The van der Waals surface area contributed by atoms with E-state index < -0.39 is 0 Å². The Hall–Kier alpha value is -1.35. The van der Waals surface area contributed by atoms with Crippen LogP contribution in [0.5, 0.6) is 0 Å². The van der Waals surface area contributed by atoms with E-state index in [1.54, 1.807) is 0 Å². The van der Waals surface area contributed by atoms with Gasteiger partial charge in [0.05, 0.1) is 13.5 Å². The number of hydrogen-bond donors (Lipinski definition) is 1. The number of rotatable bonds is 6. The molecule has 0 heterocycles. The van der Waals surface area contributed by atoms with E-state index in [2.05, 4.69) is 29.1 Å². The lowest BCUT2D eigenvalue weighted by atomic mass is 10.1. The first kappa shape index (κ1) is 13.7. The summed E-state index contributed by atoms with van der Waals surface area (Å²) in [5.41, 5.74) is 1.30. The lowest BCUT2D eigenvalue weighted by Crippen LogP contribution is -2.37. The average molecular weight is 235 g/mol. The molecule has 1 aromatic rings. The largest absolute Gasteiger partial charge is 0.469 e. The second kappa shape index (κ2) is 7.07. The monoisotopic (exact) mass is 235 g/mol. The summed E-state index contributed by atoms with van der Waals surface area (Å²) in [5.74, 6) is -0.170. The predicted molar refractivity (Wildman–Crippen MR) is 68.8 cm³/mol. The van der Waals surface area contributed by atoms with Gasteiger partial charge >= 0.3 is 5.97 Å². The highest BCUT2D eigenvalue weighted by Crippen LogP contribution is 2.04. The molecule has 94 valence electrons. The Labute approximate surface area is 103 Å². The molecule has 0 amide bonds. The van der Waals surface area contributed by atoms with Gasteiger partial charge in [-0.25, -0.2) is 0 Å². The fourth-order valence-corrected chi connectivity index (χ4v) is 1.90. The molecule has 2 atom stereocenters. The molecule has 0 saturated carbocycles. The molecule has 0 aliphatic rings. The minimum atomic E-state index is -0.170. The minimum absolute atomic E-state index is 0.140. The third kappa shape index (κ3) is 5.50. The smallest absolute Gasteiger partial charge is 0.307 e. The molecule has 3 heteroatoms. The Bertz CT molecular complexity index is 337. The Balaban J connectivity index is 2.34. The van der Waals surface area contributed by atoms with Gasteiger partial charge in [-0.3, -0.25) is 4.79 Å². The van der Waals surface area contributed by atoms with Crippen molar-refractivity contribution >= 4 is 5.97 Å². The summed E-state index contributed by atoms with van der Waals surface area (Å²) in [6.45, 7) is 4.12. The van der Waals surface area contributed by atoms with Crippen LogP contribution in [0.4, 0.5) is 0 Å². The Morgan fingerprint density at radius 2 is 1.88 bits per heavy atom. The molecule has 0 fully saturated rings. The molecule has 1 aromatic carbocycles. The summed E-state index contributed by atoms with van der Waals surface area (Å²) in [6, 6.07) is 10.8. The summed E-state index contributed by atoms with van der Waals surface area (Å²) >= 11 is 0. The van der Waals surface area contributed by atoms with Gasteiger partial charge in [-0.05, 0) is 25.8 Å². The normalized spacial score (nSPS) is 14.1. The molecule has 0 unspecified atom stereocenters. The van der Waals surface area contributed by atoms with Crippen LogP contribution < -0.4 is 5.32 Å². The molecule has 0 spiro atoms. The van der Waals surface area contributed by atoms with Gasteiger partial charge in [0.2, 0.25) is 0 Å². The third-order valence-corrected chi connectivity index (χ3v) is 2.65. The molecule has 1 rings (SSSR count). The van der Waals surface area contributed by atoms with Crippen molar-refractivity contribution in [3.05, 3.63) is 35.9 Å². The van der Waals surface area contributed by atoms with Crippen molar-refractivity contribution in [1.29, 1.82) is 0 Å². The number of carbonyl (C=O) groups excluding carboxylic acids is 1. The van der Waals surface area contributed by atoms with Crippen LogP contribution in [0.1, 0.15) is 25.8 Å². The van der Waals surface area contributed by atoms with E-state index in [0.717, 1.165) is 6.42 Å². The van der Waals surface area contributed by atoms with Gasteiger partial charge in [0.15, 0.2) is 0 Å². The van der Waals surface area contributed by atoms with E-state index in [4.69, 9.17) is 0 Å². The van der Waals surface area contributed by atoms with Crippen LogP contribution in [0, 0.1) is 0 Å². The van der Waals surface area contributed by atoms with E-state index >= 15 is 0 Å². The molecule has 0 aromatic heterocycles. The summed E-state index contributed by atoms with van der Waals surface area (Å²) in [7, 11) is 1.42. The fraction of sp³-hybridized carbons (Fsp3) is 0.500. The van der Waals surface area contributed by atoms with E-state index in [-0.39, 0.29) is 12.0 Å². The molecule has 0 radical (unpaired) electrons. The number of ether oxygens (including phenoxy) is 1. The standard InChI is InChI=1S/C14H21NO2/c1-11(9-13-7-5-4-6-8-13)15-12(2)10-14(16)17-3/h4-8,11-12,15H,9-10H2,1-3H3/t11-,12+/m0/s1. The molecule has 1 N–H and O–H groups in total. The molecule has 0 bridgehead atoms. The maximum Gasteiger partial charge on any atom is 0.307 e. The van der Waals surface area contributed by atoms with Crippen LogP contribution in [-0.4, -0.2) is 25.2 Å². The minimum Gasteiger partial charge on any atom is -0.469 e. The highest BCUT2D eigenvalue weighted by molar-refractivity contribution is 5.69. The van der Waals surface area contributed by atoms with Gasteiger partial charge in [-0.2, -0.15) is 0 Å². The Kier molecular flexibility index (Phi) is 5.70. The van der Waals surface area contributed by atoms with E-state index in [9.17, 15) is 4.79 Å². The van der Waals surface area contributed by atoms with Gasteiger partial charge in [0.25, 0.3) is 0 Å². The molecular weight excluding hydrogens is 214 g/mol. The molecule has 0 aliphatic heterocycles. The molecule has 17 heavy (non-hydrogen) atoms. The zero-order valence-corrected chi connectivity index (χ0v) is 10.8.